The molecule has 8 nitrogen and oxygen atoms in total. The summed E-state index contributed by atoms with van der Waals surface area (Å²) in [5.74, 6) is -1.14. The Labute approximate surface area is 229 Å². The Balaban J connectivity index is 1.82. The number of rotatable bonds is 8. The van der Waals surface area contributed by atoms with Crippen molar-refractivity contribution < 1.29 is 49.1 Å². The number of carboxylic acids is 1. The summed E-state index contributed by atoms with van der Waals surface area (Å²) in [6, 6.07) is 5.61. The smallest absolute Gasteiger partial charge is 0.477 e. The lowest BCUT2D eigenvalue weighted by Gasteiger charge is -2.18. The standard InChI is InChI=1S/C26H21F6N3O5S/c1-2-19-33-22(13-7-8-13)23(24(36)37)35(19)11-16-14-9-10-40-12-17(14)21(25(27,28)29)20(16)15-5-3-4-6-18(15)34-41(38,39)26(30,31)32/h3-6,9-10,12-13,34H,2,7-8,11H2,1H3,(H,36,37). The van der Waals surface area contributed by atoms with Crippen LogP contribution < -0.4 is 4.72 Å². The summed E-state index contributed by atoms with van der Waals surface area (Å²) in [5.41, 5.74) is -9.28. The van der Waals surface area contributed by atoms with Crippen LogP contribution in [0.1, 0.15) is 58.8 Å². The molecule has 0 unspecified atom stereocenters. The molecule has 1 fully saturated rings. The minimum atomic E-state index is -6.00. The Bertz CT molecular complexity index is 1720. The maximum atomic E-state index is 14.7. The summed E-state index contributed by atoms with van der Waals surface area (Å²) in [4.78, 5) is 16.8. The molecule has 1 aliphatic heterocycles. The number of para-hydroxylation sites is 1. The number of halogens is 6. The zero-order valence-electron chi connectivity index (χ0n) is 21.1. The number of nitrogens with zero attached hydrogens (tertiary/aromatic N) is 2. The maximum Gasteiger partial charge on any atom is 0.516 e. The molecule has 1 saturated carbocycles. The van der Waals surface area contributed by atoms with Crippen molar-refractivity contribution in [3.8, 4) is 22.3 Å². The molecule has 0 radical (unpaired) electrons. The van der Waals surface area contributed by atoms with Gasteiger partial charge in [0.05, 0.1) is 36.0 Å². The maximum absolute atomic E-state index is 14.7. The summed E-state index contributed by atoms with van der Waals surface area (Å²) >= 11 is 0. The first-order chi connectivity index (χ1) is 19.2. The number of aryl methyl sites for hydroxylation is 1. The van der Waals surface area contributed by atoms with Gasteiger partial charge in [-0.25, -0.2) is 9.78 Å². The van der Waals surface area contributed by atoms with E-state index < -0.39 is 62.2 Å². The molecular weight excluding hydrogens is 580 g/mol. The third-order valence-electron chi connectivity index (χ3n) is 6.84. The zero-order valence-corrected chi connectivity index (χ0v) is 21.9. The number of anilines is 1. The van der Waals surface area contributed by atoms with Crippen molar-refractivity contribution in [3.63, 3.8) is 0 Å². The summed E-state index contributed by atoms with van der Waals surface area (Å²) in [5, 5.41) is 10.1. The van der Waals surface area contributed by atoms with Gasteiger partial charge in [-0.05, 0) is 36.1 Å². The van der Waals surface area contributed by atoms with E-state index in [1.54, 1.807) is 6.92 Å². The number of fused-ring (bicyclic) bond motifs is 1. The number of carboxylic acid groups (broad SMARTS) is 1. The molecule has 0 saturated heterocycles. The Morgan fingerprint density at radius 1 is 1.10 bits per heavy atom. The third-order valence-corrected chi connectivity index (χ3v) is 7.94. The van der Waals surface area contributed by atoms with Crippen LogP contribution in [-0.2, 0) is 29.2 Å². The fourth-order valence-corrected chi connectivity index (χ4v) is 5.56. The van der Waals surface area contributed by atoms with Crippen molar-refractivity contribution in [3.05, 3.63) is 71.2 Å². The van der Waals surface area contributed by atoms with Gasteiger partial charge in [-0.1, -0.05) is 25.1 Å². The normalized spacial score (nSPS) is 14.5. The van der Waals surface area contributed by atoms with Crippen LogP contribution in [-0.4, -0.2) is 34.6 Å². The van der Waals surface area contributed by atoms with Crippen LogP contribution in [0.15, 0.2) is 47.3 Å². The highest BCUT2D eigenvalue weighted by Crippen LogP contribution is 2.52. The van der Waals surface area contributed by atoms with Gasteiger partial charge in [0.25, 0.3) is 0 Å². The molecule has 0 spiro atoms. The van der Waals surface area contributed by atoms with Gasteiger partial charge in [0.15, 0.2) is 5.69 Å². The fourth-order valence-electron chi connectivity index (χ4n) is 4.98. The highest BCUT2D eigenvalue weighted by Gasteiger charge is 2.47. The first-order valence-electron chi connectivity index (χ1n) is 12.2. The molecule has 15 heteroatoms. The predicted molar refractivity (Wildman–Crippen MR) is 134 cm³/mol. The zero-order chi connectivity index (χ0) is 29.9. The number of hydrogen-bond acceptors (Lipinski definition) is 5. The summed E-state index contributed by atoms with van der Waals surface area (Å²) < 4.78 is 115. The molecule has 0 atom stereocenters. The lowest BCUT2D eigenvalue weighted by molar-refractivity contribution is -0.136. The minimum Gasteiger partial charge on any atom is -0.477 e. The van der Waals surface area contributed by atoms with Crippen LogP contribution in [0.2, 0.25) is 0 Å². The molecule has 5 rings (SSSR count). The van der Waals surface area contributed by atoms with Gasteiger partial charge in [-0.2, -0.15) is 34.8 Å². The van der Waals surface area contributed by atoms with Crippen LogP contribution in [0, 0.1) is 0 Å². The quantitative estimate of drug-likeness (QED) is 0.217. The highest BCUT2D eigenvalue weighted by atomic mass is 32.2. The summed E-state index contributed by atoms with van der Waals surface area (Å²) in [7, 11) is -6.00. The molecule has 2 aromatic rings. The average Bonchev–Trinajstić information content (AvgIpc) is 3.58. The Morgan fingerprint density at radius 3 is 2.37 bits per heavy atom. The van der Waals surface area contributed by atoms with E-state index in [-0.39, 0.29) is 29.2 Å². The van der Waals surface area contributed by atoms with Gasteiger partial charge < -0.3 is 14.1 Å². The number of aromatic nitrogens is 2. The van der Waals surface area contributed by atoms with E-state index in [4.69, 9.17) is 4.42 Å². The number of aromatic carboxylic acids is 1. The van der Waals surface area contributed by atoms with E-state index in [0.717, 1.165) is 30.7 Å². The molecular formula is C26H21F6N3O5S. The molecule has 2 N–H and O–H groups in total. The second-order valence-electron chi connectivity index (χ2n) is 9.49. The minimum absolute atomic E-state index is 0.00730. The second-order valence-corrected chi connectivity index (χ2v) is 11.2. The second kappa shape index (κ2) is 9.82. The van der Waals surface area contributed by atoms with E-state index in [1.165, 1.54) is 21.4 Å². The molecule has 2 aliphatic carbocycles. The van der Waals surface area contributed by atoms with Gasteiger partial charge >= 0.3 is 27.7 Å². The van der Waals surface area contributed by atoms with Crippen molar-refractivity contribution in [1.29, 1.82) is 0 Å². The van der Waals surface area contributed by atoms with E-state index >= 15 is 0 Å². The number of hydrogen-bond donors (Lipinski definition) is 2. The largest absolute Gasteiger partial charge is 0.516 e. The Morgan fingerprint density at radius 2 is 1.78 bits per heavy atom. The van der Waals surface area contributed by atoms with E-state index in [9.17, 15) is 44.7 Å². The third kappa shape index (κ3) is 5.02. The van der Waals surface area contributed by atoms with Crippen LogP contribution in [0.3, 0.4) is 0 Å². The van der Waals surface area contributed by atoms with Crippen molar-refractivity contribution in [1.82, 2.24) is 9.55 Å². The number of sulfonamides is 1. The lowest BCUT2D eigenvalue weighted by atomic mass is 9.98. The molecule has 218 valence electrons. The molecule has 0 amide bonds. The fraction of sp³-hybridized carbons (Fsp3) is 0.308. The first kappa shape index (κ1) is 28.5. The number of carbonyl (C=O) groups is 1. The molecule has 0 bridgehead atoms. The van der Waals surface area contributed by atoms with Gasteiger partial charge in [0, 0.05) is 29.0 Å². The van der Waals surface area contributed by atoms with Crippen molar-refractivity contribution in [2.45, 2.75) is 50.3 Å². The number of nitrogens with one attached hydrogen (secondary N) is 1. The molecule has 3 aliphatic rings. The van der Waals surface area contributed by atoms with E-state index in [0.29, 0.717) is 24.4 Å². The summed E-state index contributed by atoms with van der Waals surface area (Å²) in [6.45, 7) is 1.25. The predicted octanol–water partition coefficient (Wildman–Crippen LogP) is 6.71. The van der Waals surface area contributed by atoms with E-state index in [1.807, 2.05) is 0 Å². The van der Waals surface area contributed by atoms with Gasteiger partial charge in [0.2, 0.25) is 0 Å². The Hall–Kier alpha value is -4.01. The van der Waals surface area contributed by atoms with Crippen LogP contribution in [0.4, 0.5) is 32.0 Å². The first-order valence-corrected chi connectivity index (χ1v) is 13.7. The average molecular weight is 602 g/mol. The number of benzene rings is 1. The SMILES string of the molecule is CCc1nc(C2CC2)c(C(=O)O)n1Cc1c2ccocc-2c(C(F)(F)F)c1-c1ccccc1NS(=O)(=O)C(F)(F)F. The summed E-state index contributed by atoms with van der Waals surface area (Å²) in [6.07, 6.45) is -1.48. The van der Waals surface area contributed by atoms with Gasteiger partial charge in [-0.15, -0.1) is 0 Å². The van der Waals surface area contributed by atoms with Crippen molar-refractivity contribution in [2.24, 2.45) is 0 Å². The van der Waals surface area contributed by atoms with Crippen LogP contribution >= 0.6 is 0 Å². The monoisotopic (exact) mass is 601 g/mol. The topological polar surface area (TPSA) is 114 Å². The van der Waals surface area contributed by atoms with Gasteiger partial charge in [-0.3, -0.25) is 4.72 Å². The molecule has 2 heterocycles. The molecule has 41 heavy (non-hydrogen) atoms. The van der Waals surface area contributed by atoms with E-state index in [2.05, 4.69) is 4.98 Å². The Kier molecular flexibility index (Phi) is 6.83. The van der Waals surface area contributed by atoms with Crippen LogP contribution in [0.25, 0.3) is 22.3 Å². The molecule has 1 aromatic carbocycles. The lowest BCUT2D eigenvalue weighted by Crippen LogP contribution is -2.30. The molecule has 1 aromatic heterocycles. The number of alkyl halides is 6. The number of imidazole rings is 1. The van der Waals surface area contributed by atoms with Crippen LogP contribution in [0.5, 0.6) is 0 Å². The highest BCUT2D eigenvalue weighted by molar-refractivity contribution is 7.93. The van der Waals surface area contributed by atoms with Gasteiger partial charge in [0.1, 0.15) is 5.82 Å². The van der Waals surface area contributed by atoms with Crippen molar-refractivity contribution in [2.75, 3.05) is 4.72 Å². The van der Waals surface area contributed by atoms with Crippen molar-refractivity contribution >= 4 is 21.7 Å².